The van der Waals surface area contributed by atoms with E-state index in [1.807, 2.05) is 20.8 Å². The van der Waals surface area contributed by atoms with Crippen molar-refractivity contribution in [2.75, 3.05) is 51.4 Å². The first-order valence-electron chi connectivity index (χ1n) is 24.0. The van der Waals surface area contributed by atoms with Crippen LogP contribution in [-0.2, 0) is 66.4 Å². The Morgan fingerprint density at radius 1 is 0.611 bits per heavy atom. The van der Waals surface area contributed by atoms with E-state index in [0.717, 1.165) is 0 Å². The van der Waals surface area contributed by atoms with Gasteiger partial charge in [-0.25, -0.2) is 9.59 Å². The molecule has 400 valence electrons. The maximum atomic E-state index is 13.8. The van der Waals surface area contributed by atoms with E-state index in [1.165, 1.54) is 24.3 Å². The molecule has 24 heteroatoms. The lowest BCUT2D eigenvalue weighted by Gasteiger charge is -2.50. The number of nitrogens with zero attached hydrogens (tertiary/aromatic N) is 3. The molecule has 22 nitrogen and oxygen atoms in total. The molecular formula is C48H65Cl2N3O19. The van der Waals surface area contributed by atoms with Crippen molar-refractivity contribution in [1.29, 1.82) is 0 Å². The maximum Gasteiger partial charge on any atom is 0.338 e. The standard InChI is InChI=1S/C48H65Cl2N3O19/c1-4-7-20-61-39-35(52-53-51)47(71-38-32(27-65-34(56)24-50)66-46(60)42(41(38)63-22-9-6-3)69-44(58)28-16-12-10-13-17-28)67-30(25-54)37(39)72-48-43(70-45(59)29-18-14-11-15-19-29)40(62-21-8-5-2)36(57)31(68-48)26-64-33(55)23-49/h10-19,30-32,35-43,46-48,54,57,60H,4-9,20-27H2,1-3H3. The fourth-order valence-electron chi connectivity index (χ4n) is 8.01. The highest BCUT2D eigenvalue weighted by molar-refractivity contribution is 6.26. The number of carbonyl (C=O) groups is 4. The number of esters is 4. The lowest BCUT2D eigenvalue weighted by molar-refractivity contribution is -0.368. The van der Waals surface area contributed by atoms with Crippen LogP contribution in [0.2, 0.25) is 0 Å². The van der Waals surface area contributed by atoms with E-state index in [9.17, 15) is 40.0 Å². The Morgan fingerprint density at radius 2 is 1.08 bits per heavy atom. The van der Waals surface area contributed by atoms with Gasteiger partial charge in [0.1, 0.15) is 79.8 Å². The molecule has 72 heavy (non-hydrogen) atoms. The number of azide groups is 1. The van der Waals surface area contributed by atoms with Crippen LogP contribution >= 0.6 is 23.2 Å². The average Bonchev–Trinajstić information content (AvgIpc) is 3.39. The van der Waals surface area contributed by atoms with Crippen LogP contribution in [0, 0.1) is 0 Å². The average molecular weight is 1060 g/mol. The van der Waals surface area contributed by atoms with E-state index < -0.39 is 148 Å². The molecule has 2 aromatic carbocycles. The van der Waals surface area contributed by atoms with Crippen LogP contribution in [0.1, 0.15) is 80.0 Å². The summed E-state index contributed by atoms with van der Waals surface area (Å²) >= 11 is 11.5. The second-order valence-corrected chi connectivity index (χ2v) is 17.4. The maximum absolute atomic E-state index is 13.8. The summed E-state index contributed by atoms with van der Waals surface area (Å²) in [6.07, 6.45) is -17.6. The Hall–Kier alpha value is -4.23. The number of hydrogen-bond acceptors (Lipinski definition) is 20. The van der Waals surface area contributed by atoms with Gasteiger partial charge in [-0.05, 0) is 49.1 Å². The molecule has 0 aromatic heterocycles. The minimum absolute atomic E-state index is 0.0375. The normalized spacial score (nSPS) is 30.4. The molecule has 0 bridgehead atoms. The van der Waals surface area contributed by atoms with E-state index in [-0.39, 0.29) is 30.9 Å². The zero-order chi connectivity index (χ0) is 52.0. The second-order valence-electron chi connectivity index (χ2n) is 16.9. The van der Waals surface area contributed by atoms with Gasteiger partial charge < -0.3 is 72.2 Å². The Morgan fingerprint density at radius 3 is 1.60 bits per heavy atom. The molecule has 15 atom stereocenters. The van der Waals surface area contributed by atoms with Gasteiger partial charge in [-0.2, -0.15) is 0 Å². The summed E-state index contributed by atoms with van der Waals surface area (Å²) < 4.78 is 73.4. The van der Waals surface area contributed by atoms with E-state index in [2.05, 4.69) is 10.0 Å². The SMILES string of the molecule is CCCCOC1C(O)C(COC(=O)CCl)OC(OC2C(CO)OC(OC3C(COC(=O)CCl)OC(O)C(OC(=O)c4ccccc4)C3OCCCC)C(N=[N+]=[N-])C2OCCCC)C1OC(=O)c1ccccc1. The van der Waals surface area contributed by atoms with Crippen molar-refractivity contribution >= 4 is 47.1 Å². The fraction of sp³-hybridized carbons (Fsp3) is 0.667. The highest BCUT2D eigenvalue weighted by Gasteiger charge is 2.57. The van der Waals surface area contributed by atoms with Gasteiger partial charge in [-0.1, -0.05) is 81.5 Å². The Balaban J connectivity index is 1.57. The number of unbranched alkanes of at least 4 members (excludes halogenated alkanes) is 3. The number of aliphatic hydroxyl groups excluding tert-OH is 3. The first-order chi connectivity index (χ1) is 34.9. The van der Waals surface area contributed by atoms with E-state index >= 15 is 0 Å². The molecule has 2 aromatic rings. The molecule has 3 aliphatic rings. The van der Waals surface area contributed by atoms with E-state index in [4.69, 9.17) is 80.0 Å². The molecule has 0 saturated carbocycles. The van der Waals surface area contributed by atoms with Crippen LogP contribution in [0.5, 0.6) is 0 Å². The number of halogens is 2. The monoisotopic (exact) mass is 1060 g/mol. The molecule has 15 unspecified atom stereocenters. The number of alkyl halides is 2. The van der Waals surface area contributed by atoms with Crippen molar-refractivity contribution in [3.05, 3.63) is 82.2 Å². The van der Waals surface area contributed by atoms with Gasteiger partial charge in [0.2, 0.25) is 0 Å². The van der Waals surface area contributed by atoms with Gasteiger partial charge in [0.25, 0.3) is 0 Å². The van der Waals surface area contributed by atoms with Gasteiger partial charge in [0.15, 0.2) is 31.1 Å². The van der Waals surface area contributed by atoms with Gasteiger partial charge in [0.05, 0.1) is 23.8 Å². The van der Waals surface area contributed by atoms with E-state index in [0.29, 0.717) is 38.5 Å². The third kappa shape index (κ3) is 16.4. The zero-order valence-corrected chi connectivity index (χ0v) is 41.8. The summed E-state index contributed by atoms with van der Waals surface area (Å²) in [6, 6.07) is 14.4. The highest BCUT2D eigenvalue weighted by Crippen LogP contribution is 2.37. The smallest absolute Gasteiger partial charge is 0.338 e. The zero-order valence-electron chi connectivity index (χ0n) is 40.3. The van der Waals surface area contributed by atoms with Gasteiger partial charge in [-0.15, -0.1) is 23.2 Å². The number of ether oxygens (including phenoxy) is 12. The number of benzene rings is 2. The van der Waals surface area contributed by atoms with Crippen LogP contribution in [0.4, 0.5) is 0 Å². The molecule has 0 radical (unpaired) electrons. The first kappa shape index (κ1) is 58.7. The third-order valence-corrected chi connectivity index (χ3v) is 12.2. The van der Waals surface area contributed by atoms with Crippen LogP contribution in [-0.4, -0.2) is 183 Å². The third-order valence-electron chi connectivity index (χ3n) is 11.8. The number of rotatable bonds is 28. The number of aliphatic hydroxyl groups is 3. The van der Waals surface area contributed by atoms with Crippen molar-refractivity contribution in [3.63, 3.8) is 0 Å². The summed E-state index contributed by atoms with van der Waals surface area (Å²) in [5.41, 5.74) is 10.4. The van der Waals surface area contributed by atoms with Crippen LogP contribution in [0.25, 0.3) is 10.4 Å². The van der Waals surface area contributed by atoms with Crippen molar-refractivity contribution < 1.29 is 91.3 Å². The molecule has 3 saturated heterocycles. The molecule has 0 spiro atoms. The Kier molecular flexibility index (Phi) is 25.1. The second kappa shape index (κ2) is 30.8. The van der Waals surface area contributed by atoms with Crippen LogP contribution < -0.4 is 0 Å². The Bertz CT molecular complexity index is 2010. The summed E-state index contributed by atoms with van der Waals surface area (Å²) in [7, 11) is 0. The summed E-state index contributed by atoms with van der Waals surface area (Å²) in [5, 5.41) is 38.4. The number of hydrogen-bond donors (Lipinski definition) is 3. The molecule has 5 rings (SSSR count). The topological polar surface area (TPSA) is 288 Å². The van der Waals surface area contributed by atoms with Crippen molar-refractivity contribution in [1.82, 2.24) is 0 Å². The minimum Gasteiger partial charge on any atom is -0.462 e. The largest absolute Gasteiger partial charge is 0.462 e. The lowest BCUT2D eigenvalue weighted by Crippen LogP contribution is -2.67. The fourth-order valence-corrected chi connectivity index (χ4v) is 8.17. The van der Waals surface area contributed by atoms with Crippen molar-refractivity contribution in [3.8, 4) is 0 Å². The molecule has 3 aliphatic heterocycles. The van der Waals surface area contributed by atoms with Crippen LogP contribution in [0.3, 0.4) is 0 Å². The van der Waals surface area contributed by atoms with Crippen molar-refractivity contribution in [2.45, 2.75) is 151 Å². The Labute approximate surface area is 427 Å². The minimum atomic E-state index is -1.85. The summed E-state index contributed by atoms with van der Waals surface area (Å²) in [6.45, 7) is 4.01. The van der Waals surface area contributed by atoms with Gasteiger partial charge >= 0.3 is 23.9 Å². The predicted molar refractivity (Wildman–Crippen MR) is 253 cm³/mol. The molecule has 0 aliphatic carbocycles. The summed E-state index contributed by atoms with van der Waals surface area (Å²) in [5.74, 6) is -4.39. The van der Waals surface area contributed by atoms with Gasteiger partial charge in [0, 0.05) is 24.7 Å². The lowest BCUT2D eigenvalue weighted by atomic mass is 9.94. The quantitative estimate of drug-likeness (QED) is 0.0201. The molecule has 3 heterocycles. The first-order valence-corrected chi connectivity index (χ1v) is 25.1. The van der Waals surface area contributed by atoms with Crippen molar-refractivity contribution in [2.24, 2.45) is 5.11 Å². The predicted octanol–water partition coefficient (Wildman–Crippen LogP) is 4.53. The molecule has 3 fully saturated rings. The highest BCUT2D eigenvalue weighted by atomic mass is 35.5. The molecule has 3 N–H and O–H groups in total. The molecular weight excluding hydrogens is 993 g/mol. The van der Waals surface area contributed by atoms with Crippen LogP contribution in [0.15, 0.2) is 65.8 Å². The molecule has 0 amide bonds. The van der Waals surface area contributed by atoms with Gasteiger partial charge in [-0.3, -0.25) is 9.59 Å². The number of carbonyl (C=O) groups excluding carboxylic acids is 4. The summed E-state index contributed by atoms with van der Waals surface area (Å²) in [4.78, 5) is 55.1. The van der Waals surface area contributed by atoms with E-state index in [1.54, 1.807) is 36.4 Å².